The van der Waals surface area contributed by atoms with Gasteiger partial charge >= 0.3 is 0 Å². The van der Waals surface area contributed by atoms with Crippen LogP contribution in [0.15, 0.2) is 17.2 Å². The molecule has 7 heteroatoms. The van der Waals surface area contributed by atoms with Crippen molar-refractivity contribution in [1.82, 2.24) is 24.4 Å². The van der Waals surface area contributed by atoms with Gasteiger partial charge in [0, 0.05) is 23.4 Å². The molecule has 7 nitrogen and oxygen atoms in total. The smallest absolute Gasteiger partial charge is 0.278 e. The van der Waals surface area contributed by atoms with Crippen LogP contribution in [0.5, 0.6) is 0 Å². The molecule has 0 radical (unpaired) electrons. The predicted molar refractivity (Wildman–Crippen MR) is 91.0 cm³/mol. The van der Waals surface area contributed by atoms with Gasteiger partial charge in [-0.3, -0.25) is 9.48 Å². The number of H-pyrrole nitrogens is 1. The fourth-order valence-electron chi connectivity index (χ4n) is 2.85. The molecule has 0 spiro atoms. The van der Waals surface area contributed by atoms with E-state index >= 15 is 0 Å². The number of nitrogens with zero attached hydrogens (tertiary/aromatic N) is 5. The maximum absolute atomic E-state index is 12.9. The summed E-state index contributed by atoms with van der Waals surface area (Å²) in [5.74, 6) is 0.00434. The molecule has 0 saturated carbocycles. The lowest BCUT2D eigenvalue weighted by Gasteiger charge is -2.12. The number of aryl methyl sites for hydroxylation is 1. The summed E-state index contributed by atoms with van der Waals surface area (Å²) < 4.78 is 3.14. The van der Waals surface area contributed by atoms with Crippen molar-refractivity contribution in [3.05, 3.63) is 39.6 Å². The molecule has 3 heterocycles. The Labute approximate surface area is 139 Å². The Morgan fingerprint density at radius 1 is 1.29 bits per heavy atom. The van der Waals surface area contributed by atoms with Crippen molar-refractivity contribution in [3.63, 3.8) is 0 Å². The number of nitrogens with one attached hydrogen (secondary N) is 1. The van der Waals surface area contributed by atoms with E-state index in [1.807, 2.05) is 31.6 Å². The fourth-order valence-corrected chi connectivity index (χ4v) is 2.85. The first-order chi connectivity index (χ1) is 11.3. The van der Waals surface area contributed by atoms with Gasteiger partial charge < -0.3 is 4.98 Å². The zero-order chi connectivity index (χ0) is 17.6. The lowest BCUT2D eigenvalue weighted by molar-refractivity contribution is 0.529. The maximum Gasteiger partial charge on any atom is 0.278 e. The van der Waals surface area contributed by atoms with E-state index in [1.165, 1.54) is 10.7 Å². The second-order valence-electron chi connectivity index (χ2n) is 6.51. The predicted octanol–water partition coefficient (Wildman–Crippen LogP) is 2.77. The minimum Gasteiger partial charge on any atom is -0.338 e. The summed E-state index contributed by atoms with van der Waals surface area (Å²) in [6.45, 7) is 9.96. The number of fused-ring (bicyclic) bond motifs is 1. The molecular formula is C17H20N6O. The highest BCUT2D eigenvalue weighted by molar-refractivity contribution is 5.69. The highest BCUT2D eigenvalue weighted by atomic mass is 16.1. The zero-order valence-corrected chi connectivity index (χ0v) is 14.5. The third-order valence-electron chi connectivity index (χ3n) is 4.12. The van der Waals surface area contributed by atoms with Crippen LogP contribution in [0.25, 0.3) is 16.9 Å². The van der Waals surface area contributed by atoms with Crippen LogP contribution in [0.1, 0.15) is 56.5 Å². The first-order valence-corrected chi connectivity index (χ1v) is 7.95. The van der Waals surface area contributed by atoms with Gasteiger partial charge in [-0.25, -0.2) is 0 Å². The van der Waals surface area contributed by atoms with Crippen LogP contribution in [-0.2, 0) is 0 Å². The SMILES string of the molecule is Cc1nn(C(C)C)cc1-c1[nH]c2c(C#N)cnn2c(=O)c1C(C)C. The first-order valence-electron chi connectivity index (χ1n) is 7.95. The average Bonchev–Trinajstić information content (AvgIpc) is 3.10. The van der Waals surface area contributed by atoms with Gasteiger partial charge in [0.15, 0.2) is 5.65 Å². The van der Waals surface area contributed by atoms with Gasteiger partial charge in [-0.05, 0) is 26.7 Å². The molecule has 0 amide bonds. The largest absolute Gasteiger partial charge is 0.338 e. The van der Waals surface area contributed by atoms with Crippen molar-refractivity contribution < 1.29 is 0 Å². The Morgan fingerprint density at radius 2 is 2.00 bits per heavy atom. The summed E-state index contributed by atoms with van der Waals surface area (Å²) in [5.41, 5.74) is 3.62. The van der Waals surface area contributed by atoms with Gasteiger partial charge in [0.05, 0.1) is 17.6 Å². The van der Waals surface area contributed by atoms with Gasteiger partial charge in [-0.15, -0.1) is 0 Å². The van der Waals surface area contributed by atoms with Crippen LogP contribution in [-0.4, -0.2) is 24.4 Å². The van der Waals surface area contributed by atoms with Crippen LogP contribution < -0.4 is 5.56 Å². The van der Waals surface area contributed by atoms with Crippen molar-refractivity contribution in [2.75, 3.05) is 0 Å². The van der Waals surface area contributed by atoms with E-state index in [4.69, 9.17) is 0 Å². The van der Waals surface area contributed by atoms with Crippen LogP contribution in [0.4, 0.5) is 0 Å². The monoisotopic (exact) mass is 324 g/mol. The lowest BCUT2D eigenvalue weighted by atomic mass is 9.98. The number of hydrogen-bond acceptors (Lipinski definition) is 4. The maximum atomic E-state index is 12.9. The summed E-state index contributed by atoms with van der Waals surface area (Å²) in [6, 6.07) is 2.29. The van der Waals surface area contributed by atoms with Crippen molar-refractivity contribution in [2.24, 2.45) is 0 Å². The Kier molecular flexibility index (Phi) is 3.76. The van der Waals surface area contributed by atoms with E-state index in [2.05, 4.69) is 35.1 Å². The average molecular weight is 324 g/mol. The molecule has 0 aliphatic rings. The summed E-state index contributed by atoms with van der Waals surface area (Å²) in [7, 11) is 0. The molecule has 0 atom stereocenters. The first kappa shape index (κ1) is 16.0. The standard InChI is InChI=1S/C17H20N6O/c1-9(2)14-15(13-8-22(10(3)4)21-11(13)5)20-16-12(6-18)7-19-23(16)17(14)24/h7-10,20H,1-5H3. The van der Waals surface area contributed by atoms with E-state index in [-0.39, 0.29) is 17.5 Å². The molecule has 0 bridgehead atoms. The number of hydrogen-bond donors (Lipinski definition) is 1. The molecule has 0 unspecified atom stereocenters. The van der Waals surface area contributed by atoms with Gasteiger partial charge in [0.25, 0.3) is 5.56 Å². The van der Waals surface area contributed by atoms with E-state index in [1.54, 1.807) is 0 Å². The molecular weight excluding hydrogens is 304 g/mol. The molecule has 3 rings (SSSR count). The summed E-state index contributed by atoms with van der Waals surface area (Å²) in [5, 5.41) is 17.8. The molecule has 24 heavy (non-hydrogen) atoms. The van der Waals surface area contributed by atoms with Crippen molar-refractivity contribution >= 4 is 5.65 Å². The molecule has 3 aromatic heterocycles. The van der Waals surface area contributed by atoms with E-state index in [0.717, 1.165) is 11.3 Å². The molecule has 0 saturated heterocycles. The Bertz CT molecular complexity index is 1010. The Balaban J connectivity index is 2.40. The molecule has 1 N–H and O–H groups in total. The molecule has 0 aliphatic heterocycles. The molecule has 3 aromatic rings. The number of aromatic amines is 1. The van der Waals surface area contributed by atoms with Crippen LogP contribution in [0.3, 0.4) is 0 Å². The van der Waals surface area contributed by atoms with Gasteiger partial charge in [0.2, 0.25) is 0 Å². The van der Waals surface area contributed by atoms with Gasteiger partial charge in [-0.1, -0.05) is 13.8 Å². The van der Waals surface area contributed by atoms with Gasteiger partial charge in [0.1, 0.15) is 11.6 Å². The van der Waals surface area contributed by atoms with Crippen LogP contribution >= 0.6 is 0 Å². The molecule has 0 aromatic carbocycles. The fraction of sp³-hybridized carbons (Fsp3) is 0.412. The topological polar surface area (TPSA) is 91.8 Å². The molecule has 0 fully saturated rings. The summed E-state index contributed by atoms with van der Waals surface area (Å²) in [6.07, 6.45) is 3.35. The number of aromatic nitrogens is 5. The van der Waals surface area contributed by atoms with Crippen molar-refractivity contribution in [3.8, 4) is 17.3 Å². The van der Waals surface area contributed by atoms with E-state index in [0.29, 0.717) is 22.5 Å². The Hall–Kier alpha value is -2.88. The van der Waals surface area contributed by atoms with Crippen LogP contribution in [0, 0.1) is 18.3 Å². The third kappa shape index (κ3) is 2.31. The molecule has 124 valence electrons. The van der Waals surface area contributed by atoms with Gasteiger partial charge in [-0.2, -0.15) is 20.0 Å². The molecule has 0 aliphatic carbocycles. The second-order valence-corrected chi connectivity index (χ2v) is 6.51. The van der Waals surface area contributed by atoms with Crippen molar-refractivity contribution in [1.29, 1.82) is 5.26 Å². The highest BCUT2D eigenvalue weighted by Crippen LogP contribution is 2.28. The number of nitriles is 1. The normalized spacial score (nSPS) is 11.6. The summed E-state index contributed by atoms with van der Waals surface area (Å²) >= 11 is 0. The zero-order valence-electron chi connectivity index (χ0n) is 14.5. The van der Waals surface area contributed by atoms with E-state index in [9.17, 15) is 10.1 Å². The highest BCUT2D eigenvalue weighted by Gasteiger charge is 2.21. The minimum absolute atomic E-state index is 0.00434. The summed E-state index contributed by atoms with van der Waals surface area (Å²) in [4.78, 5) is 16.1. The number of rotatable bonds is 3. The Morgan fingerprint density at radius 3 is 2.54 bits per heavy atom. The van der Waals surface area contributed by atoms with E-state index < -0.39 is 0 Å². The second kappa shape index (κ2) is 5.64. The quantitative estimate of drug-likeness (QED) is 0.802. The lowest BCUT2D eigenvalue weighted by Crippen LogP contribution is -2.22. The third-order valence-corrected chi connectivity index (χ3v) is 4.12. The van der Waals surface area contributed by atoms with Crippen LogP contribution in [0.2, 0.25) is 0 Å². The minimum atomic E-state index is -0.202. The van der Waals surface area contributed by atoms with Crippen molar-refractivity contribution in [2.45, 2.75) is 46.6 Å².